The van der Waals surface area contributed by atoms with Gasteiger partial charge in [-0.15, -0.1) is 21.5 Å². The van der Waals surface area contributed by atoms with Crippen molar-refractivity contribution in [1.82, 2.24) is 20.5 Å². The lowest BCUT2D eigenvalue weighted by molar-refractivity contribution is 0.0968. The van der Waals surface area contributed by atoms with Crippen molar-refractivity contribution in [3.63, 3.8) is 0 Å². The fourth-order valence-corrected chi connectivity index (χ4v) is 5.60. The molecule has 3 aromatic heterocycles. The van der Waals surface area contributed by atoms with Crippen LogP contribution in [0.4, 0.5) is 10.2 Å². The normalized spacial score (nSPS) is 18.2. The molecule has 1 amide bonds. The number of pyridine rings is 1. The van der Waals surface area contributed by atoms with Gasteiger partial charge >= 0.3 is 0 Å². The van der Waals surface area contributed by atoms with Gasteiger partial charge in [0.1, 0.15) is 21.7 Å². The fraction of sp³-hybridized carbons (Fsp3) is 0.304. The monoisotopic (exact) mass is 470 g/mol. The van der Waals surface area contributed by atoms with Gasteiger partial charge < -0.3 is 5.32 Å². The Balaban J connectivity index is 1.55. The molecule has 6 nitrogen and oxygen atoms in total. The van der Waals surface area contributed by atoms with Crippen LogP contribution in [-0.4, -0.2) is 40.2 Å². The number of piperidine rings is 1. The van der Waals surface area contributed by atoms with E-state index in [-0.39, 0.29) is 21.6 Å². The van der Waals surface area contributed by atoms with Crippen molar-refractivity contribution in [3.05, 3.63) is 57.8 Å². The number of anilines is 1. The lowest BCUT2D eigenvalue weighted by Gasteiger charge is -2.34. The molecule has 5 rings (SSSR count). The summed E-state index contributed by atoms with van der Waals surface area (Å²) in [5.41, 5.74) is 1.31. The summed E-state index contributed by atoms with van der Waals surface area (Å²) in [5.74, 6) is -0.634. The Bertz CT molecular complexity index is 1400. The molecule has 1 fully saturated rings. The maximum absolute atomic E-state index is 15.4. The zero-order chi connectivity index (χ0) is 24.7. The minimum absolute atomic E-state index is 0.0773. The minimum Gasteiger partial charge on any atom is -0.315 e. The maximum atomic E-state index is 15.4. The van der Waals surface area contributed by atoms with Crippen LogP contribution in [0.1, 0.15) is 37.9 Å². The highest BCUT2D eigenvalue weighted by Crippen LogP contribution is 2.35. The molecule has 32 heavy (non-hydrogen) atoms. The quantitative estimate of drug-likeness (QED) is 0.456. The number of amides is 1. The van der Waals surface area contributed by atoms with Crippen LogP contribution in [0.15, 0.2) is 35.8 Å². The van der Waals surface area contributed by atoms with Gasteiger partial charge in [0.05, 0.1) is 11.6 Å². The highest BCUT2D eigenvalue weighted by molar-refractivity contribution is 7.17. The van der Waals surface area contributed by atoms with E-state index in [0.29, 0.717) is 17.9 Å². The number of nitrogens with zero attached hydrogens (tertiary/aromatic N) is 4. The van der Waals surface area contributed by atoms with Gasteiger partial charge in [-0.2, -0.15) is 0 Å². The summed E-state index contributed by atoms with van der Waals surface area (Å²) in [5, 5.41) is 14.0. The molecular formula is C23H22FN5OS2. The second kappa shape index (κ2) is 8.65. The Morgan fingerprint density at radius 2 is 2.25 bits per heavy atom. The van der Waals surface area contributed by atoms with E-state index in [4.69, 9.17) is 4.11 Å². The summed E-state index contributed by atoms with van der Waals surface area (Å²) in [7, 11) is 0. The van der Waals surface area contributed by atoms with Crippen molar-refractivity contribution in [2.24, 2.45) is 0 Å². The highest BCUT2D eigenvalue weighted by Gasteiger charge is 2.32. The lowest BCUT2D eigenvalue weighted by Crippen LogP contribution is -2.49. The van der Waals surface area contributed by atoms with Crippen LogP contribution in [0.25, 0.3) is 20.7 Å². The molecule has 0 radical (unpaired) electrons. The smallest absolute Gasteiger partial charge is 0.262 e. The van der Waals surface area contributed by atoms with Crippen LogP contribution in [0.3, 0.4) is 0 Å². The zero-order valence-corrected chi connectivity index (χ0v) is 18.9. The van der Waals surface area contributed by atoms with Crippen LogP contribution in [0.5, 0.6) is 0 Å². The van der Waals surface area contributed by atoms with E-state index in [0.717, 1.165) is 46.4 Å². The van der Waals surface area contributed by atoms with Crippen LogP contribution in [0, 0.1) is 19.6 Å². The van der Waals surface area contributed by atoms with Gasteiger partial charge in [-0.05, 0) is 62.3 Å². The second-order valence-electron chi connectivity index (χ2n) is 7.71. The standard InChI is InChI=1S/C23H22FN5OS2/c1-13-12-31-19-7-9-26-21(20(13)19)29(16-4-3-8-25-11-16)23(30)17-6-5-15(10-18(17)24)22-28-27-14(2)32-22/h5-7,9-10,12,16,25H,3-4,8,11H2,1-2H3/t16-/m1/s1/i2D3. The van der Waals surface area contributed by atoms with E-state index in [2.05, 4.69) is 20.5 Å². The summed E-state index contributed by atoms with van der Waals surface area (Å²) < 4.78 is 38.8. The number of carbonyl (C=O) groups excluding carboxylic acids is 1. The average Bonchev–Trinajstić information content (AvgIpc) is 3.48. The van der Waals surface area contributed by atoms with Crippen molar-refractivity contribution in [3.8, 4) is 10.6 Å². The first-order chi connectivity index (χ1) is 16.7. The number of hydrogen-bond acceptors (Lipinski definition) is 7. The minimum atomic E-state index is -2.38. The Kier molecular flexibility index (Phi) is 4.80. The van der Waals surface area contributed by atoms with E-state index in [1.165, 1.54) is 12.1 Å². The molecule has 0 unspecified atom stereocenters. The first-order valence-electron chi connectivity index (χ1n) is 11.7. The van der Waals surface area contributed by atoms with Gasteiger partial charge in [0, 0.05) is 32.5 Å². The van der Waals surface area contributed by atoms with E-state index in [1.807, 2.05) is 18.4 Å². The molecule has 0 spiro atoms. The molecule has 4 aromatic rings. The topological polar surface area (TPSA) is 71.0 Å². The molecular weight excluding hydrogens is 445 g/mol. The first kappa shape index (κ1) is 17.8. The number of aryl methyl sites for hydroxylation is 2. The van der Waals surface area contributed by atoms with Crippen molar-refractivity contribution in [2.75, 3.05) is 18.0 Å². The number of benzene rings is 1. The van der Waals surface area contributed by atoms with E-state index >= 15 is 4.39 Å². The first-order valence-corrected chi connectivity index (χ1v) is 11.9. The molecule has 0 saturated carbocycles. The second-order valence-corrected chi connectivity index (χ2v) is 9.60. The van der Waals surface area contributed by atoms with E-state index < -0.39 is 18.6 Å². The van der Waals surface area contributed by atoms with Crippen LogP contribution in [0.2, 0.25) is 0 Å². The third-order valence-electron chi connectivity index (χ3n) is 5.60. The van der Waals surface area contributed by atoms with Crippen molar-refractivity contribution in [1.29, 1.82) is 0 Å². The Morgan fingerprint density at radius 1 is 1.34 bits per heavy atom. The Labute approximate surface area is 197 Å². The molecule has 1 aliphatic heterocycles. The number of aromatic nitrogens is 3. The molecule has 0 bridgehead atoms. The lowest BCUT2D eigenvalue weighted by atomic mass is 10.0. The number of fused-ring (bicyclic) bond motifs is 1. The van der Waals surface area contributed by atoms with Crippen molar-refractivity contribution in [2.45, 2.75) is 32.7 Å². The van der Waals surface area contributed by atoms with E-state index in [9.17, 15) is 4.79 Å². The van der Waals surface area contributed by atoms with Gasteiger partial charge in [-0.3, -0.25) is 9.69 Å². The molecule has 9 heteroatoms. The largest absolute Gasteiger partial charge is 0.315 e. The number of halogens is 1. The molecule has 1 aliphatic rings. The molecule has 1 saturated heterocycles. The number of rotatable bonds is 4. The molecule has 1 N–H and O–H groups in total. The SMILES string of the molecule is [2H]C([2H])([2H])c1nnc(-c2ccc(C(=O)N(c3nccc4scc(C)c34)[C@@H]3CCCNC3)c(F)c2)s1. The van der Waals surface area contributed by atoms with Gasteiger partial charge in [0.25, 0.3) is 5.91 Å². The average molecular weight is 471 g/mol. The Hall–Kier alpha value is -2.75. The third-order valence-corrected chi connectivity index (χ3v) is 7.46. The summed E-state index contributed by atoms with van der Waals surface area (Å²) in [4.78, 5) is 20.1. The molecule has 164 valence electrons. The van der Waals surface area contributed by atoms with Crippen LogP contribution < -0.4 is 10.2 Å². The van der Waals surface area contributed by atoms with Gasteiger partial charge in [0.15, 0.2) is 0 Å². The highest BCUT2D eigenvalue weighted by atomic mass is 32.1. The molecule has 1 atom stereocenters. The van der Waals surface area contributed by atoms with Crippen molar-refractivity contribution >= 4 is 44.5 Å². The fourth-order valence-electron chi connectivity index (χ4n) is 4.08. The molecule has 0 aliphatic carbocycles. The number of carbonyl (C=O) groups is 1. The van der Waals surface area contributed by atoms with E-state index in [1.54, 1.807) is 28.5 Å². The Morgan fingerprint density at radius 3 is 3.00 bits per heavy atom. The molecule has 1 aromatic carbocycles. The maximum Gasteiger partial charge on any atom is 0.262 e. The zero-order valence-electron chi connectivity index (χ0n) is 20.3. The molecule has 4 heterocycles. The predicted molar refractivity (Wildman–Crippen MR) is 127 cm³/mol. The van der Waals surface area contributed by atoms with Crippen LogP contribution >= 0.6 is 22.7 Å². The third kappa shape index (κ3) is 3.80. The van der Waals surface area contributed by atoms with Gasteiger partial charge in [0.2, 0.25) is 0 Å². The summed E-state index contributed by atoms with van der Waals surface area (Å²) >= 11 is 2.47. The summed E-state index contributed by atoms with van der Waals surface area (Å²) in [6.07, 6.45) is 3.36. The van der Waals surface area contributed by atoms with Crippen LogP contribution in [-0.2, 0) is 0 Å². The number of nitrogens with one attached hydrogen (secondary N) is 1. The van der Waals surface area contributed by atoms with Gasteiger partial charge in [-0.1, -0.05) is 17.4 Å². The van der Waals surface area contributed by atoms with Crippen molar-refractivity contribution < 1.29 is 13.3 Å². The summed E-state index contributed by atoms with van der Waals surface area (Å²) in [6.45, 7) is 1.07. The predicted octanol–water partition coefficient (Wildman–Crippen LogP) is 4.97. The number of hydrogen-bond donors (Lipinski definition) is 1. The van der Waals surface area contributed by atoms with Gasteiger partial charge in [-0.25, -0.2) is 9.37 Å². The number of thiophene rings is 1. The summed E-state index contributed by atoms with van der Waals surface area (Å²) in [6, 6.07) is 5.95.